The van der Waals surface area contributed by atoms with Crippen LogP contribution >= 0.6 is 0 Å². The van der Waals surface area contributed by atoms with E-state index in [1.165, 1.54) is 0 Å². The van der Waals surface area contributed by atoms with Gasteiger partial charge in [0.25, 0.3) is 0 Å². The average molecular weight is 214 g/mol. The molecule has 0 spiro atoms. The van der Waals surface area contributed by atoms with Crippen LogP contribution in [0.5, 0.6) is 0 Å². The van der Waals surface area contributed by atoms with Crippen molar-refractivity contribution in [1.29, 1.82) is 0 Å². The van der Waals surface area contributed by atoms with E-state index in [0.717, 1.165) is 32.2 Å². The average Bonchev–Trinajstić information content (AvgIpc) is 2.21. The highest BCUT2D eigenvalue weighted by Crippen LogP contribution is 2.23. The highest BCUT2D eigenvalue weighted by molar-refractivity contribution is 5.77. The van der Waals surface area contributed by atoms with Crippen LogP contribution in [0, 0.1) is 5.92 Å². The van der Waals surface area contributed by atoms with Crippen molar-refractivity contribution >= 4 is 5.91 Å². The number of carbonyl (C=O) groups excluding carboxylic acids is 1. The van der Waals surface area contributed by atoms with Gasteiger partial charge in [-0.25, -0.2) is 0 Å². The van der Waals surface area contributed by atoms with Crippen LogP contribution in [0.15, 0.2) is 0 Å². The number of hydrogen-bond acceptors (Lipinski definition) is 3. The molecule has 1 amide bonds. The normalized spacial score (nSPS) is 26.3. The molecule has 1 aliphatic rings. The predicted octanol–water partition coefficient (Wildman–Crippen LogP) is 0.263. The fourth-order valence-electron chi connectivity index (χ4n) is 2.00. The maximum Gasteiger partial charge on any atom is 0.233 e. The highest BCUT2D eigenvalue weighted by Gasteiger charge is 2.18. The quantitative estimate of drug-likeness (QED) is 0.615. The molecular formula is C11H22N2O2. The zero-order valence-corrected chi connectivity index (χ0v) is 9.46. The van der Waals surface area contributed by atoms with Gasteiger partial charge in [-0.3, -0.25) is 4.79 Å². The number of amides is 1. The lowest BCUT2D eigenvalue weighted by molar-refractivity contribution is -0.120. The van der Waals surface area contributed by atoms with E-state index in [1.807, 2.05) is 6.92 Å². The molecule has 4 nitrogen and oxygen atoms in total. The van der Waals surface area contributed by atoms with Crippen molar-refractivity contribution in [3.63, 3.8) is 0 Å². The lowest BCUT2D eigenvalue weighted by Gasteiger charge is -2.25. The Morgan fingerprint density at radius 2 is 2.00 bits per heavy atom. The monoisotopic (exact) mass is 214 g/mol. The second-order valence-corrected chi connectivity index (χ2v) is 4.26. The number of rotatable bonds is 5. The van der Waals surface area contributed by atoms with Crippen LogP contribution in [0.4, 0.5) is 0 Å². The number of likely N-dealkylation sites (N-methyl/N-ethyl adjacent to an activating group) is 1. The van der Waals surface area contributed by atoms with E-state index in [-0.39, 0.29) is 12.0 Å². The van der Waals surface area contributed by atoms with Gasteiger partial charge >= 0.3 is 0 Å². The Labute approximate surface area is 91.4 Å². The number of hydrogen-bond donors (Lipinski definition) is 3. The fraction of sp³-hybridized carbons (Fsp3) is 0.909. The zero-order chi connectivity index (χ0) is 11.1. The molecule has 0 heterocycles. The molecule has 0 aliphatic heterocycles. The summed E-state index contributed by atoms with van der Waals surface area (Å²) in [5.41, 5.74) is 0. The van der Waals surface area contributed by atoms with E-state index in [2.05, 4.69) is 10.6 Å². The van der Waals surface area contributed by atoms with Gasteiger partial charge in [0.05, 0.1) is 12.6 Å². The number of aliphatic hydroxyl groups is 1. The molecule has 0 aromatic carbocycles. The van der Waals surface area contributed by atoms with Crippen LogP contribution in [-0.4, -0.2) is 36.8 Å². The van der Waals surface area contributed by atoms with Gasteiger partial charge in [-0.05, 0) is 45.1 Å². The Morgan fingerprint density at radius 3 is 2.60 bits per heavy atom. The molecule has 4 heteroatoms. The van der Waals surface area contributed by atoms with Crippen LogP contribution in [0.2, 0.25) is 0 Å². The fourth-order valence-corrected chi connectivity index (χ4v) is 2.00. The summed E-state index contributed by atoms with van der Waals surface area (Å²) in [6.45, 7) is 3.91. The van der Waals surface area contributed by atoms with E-state index < -0.39 is 0 Å². The topological polar surface area (TPSA) is 61.4 Å². The van der Waals surface area contributed by atoms with Gasteiger partial charge in [-0.15, -0.1) is 0 Å². The van der Waals surface area contributed by atoms with Crippen LogP contribution in [0.3, 0.4) is 0 Å². The maximum absolute atomic E-state index is 11.1. The number of nitrogens with one attached hydrogen (secondary N) is 2. The third-order valence-electron chi connectivity index (χ3n) is 2.91. The van der Waals surface area contributed by atoms with Crippen LogP contribution < -0.4 is 10.6 Å². The Hall–Kier alpha value is -0.610. The van der Waals surface area contributed by atoms with Gasteiger partial charge in [0.15, 0.2) is 0 Å². The van der Waals surface area contributed by atoms with Gasteiger partial charge in [-0.1, -0.05) is 0 Å². The molecule has 1 fully saturated rings. The highest BCUT2D eigenvalue weighted by atomic mass is 16.3. The second kappa shape index (κ2) is 6.80. The smallest absolute Gasteiger partial charge is 0.233 e. The molecule has 1 rings (SSSR count). The molecule has 0 bridgehead atoms. The van der Waals surface area contributed by atoms with Crippen molar-refractivity contribution < 1.29 is 9.90 Å². The first-order chi connectivity index (χ1) is 7.22. The summed E-state index contributed by atoms with van der Waals surface area (Å²) in [5, 5.41) is 15.2. The van der Waals surface area contributed by atoms with Crippen molar-refractivity contribution in [3.05, 3.63) is 0 Å². The summed E-state index contributed by atoms with van der Waals surface area (Å²) in [7, 11) is 0. The number of carbonyl (C=O) groups is 1. The molecule has 0 radical (unpaired) electrons. The van der Waals surface area contributed by atoms with Crippen molar-refractivity contribution in [3.8, 4) is 0 Å². The summed E-state index contributed by atoms with van der Waals surface area (Å²) >= 11 is 0. The van der Waals surface area contributed by atoms with Crippen molar-refractivity contribution in [2.24, 2.45) is 5.92 Å². The standard InChI is InChI=1S/C11H22N2O2/c1-2-13-11(15)8-12-7-9-3-5-10(14)6-4-9/h9-10,12,14H,2-8H2,1H3,(H,13,15). The molecular weight excluding hydrogens is 192 g/mol. The lowest BCUT2D eigenvalue weighted by atomic mass is 9.87. The van der Waals surface area contributed by atoms with E-state index in [4.69, 9.17) is 0 Å². The van der Waals surface area contributed by atoms with E-state index in [9.17, 15) is 9.90 Å². The first-order valence-electron chi connectivity index (χ1n) is 5.87. The molecule has 0 aromatic rings. The van der Waals surface area contributed by atoms with Gasteiger partial charge in [0, 0.05) is 6.54 Å². The Kier molecular flexibility index (Phi) is 5.65. The first kappa shape index (κ1) is 12.5. The summed E-state index contributed by atoms with van der Waals surface area (Å²) in [4.78, 5) is 11.1. The Morgan fingerprint density at radius 1 is 1.33 bits per heavy atom. The van der Waals surface area contributed by atoms with Crippen LogP contribution in [0.25, 0.3) is 0 Å². The maximum atomic E-state index is 11.1. The molecule has 0 unspecified atom stereocenters. The SMILES string of the molecule is CCNC(=O)CNCC1CCC(O)CC1. The summed E-state index contributed by atoms with van der Waals surface area (Å²) in [5.74, 6) is 0.691. The molecule has 3 N–H and O–H groups in total. The second-order valence-electron chi connectivity index (χ2n) is 4.26. The minimum absolute atomic E-state index is 0.0633. The minimum Gasteiger partial charge on any atom is -0.393 e. The van der Waals surface area contributed by atoms with Gasteiger partial charge in [-0.2, -0.15) is 0 Å². The molecule has 0 saturated heterocycles. The van der Waals surface area contributed by atoms with Crippen LogP contribution in [-0.2, 0) is 4.79 Å². The molecule has 1 saturated carbocycles. The Balaban J connectivity index is 2.02. The summed E-state index contributed by atoms with van der Waals surface area (Å²) in [6.07, 6.45) is 3.87. The van der Waals surface area contributed by atoms with Crippen LogP contribution in [0.1, 0.15) is 32.6 Å². The largest absolute Gasteiger partial charge is 0.393 e. The number of aliphatic hydroxyl groups excluding tert-OH is 1. The third-order valence-corrected chi connectivity index (χ3v) is 2.91. The molecule has 0 atom stereocenters. The lowest BCUT2D eigenvalue weighted by Crippen LogP contribution is -2.36. The Bertz CT molecular complexity index is 189. The van der Waals surface area contributed by atoms with Gasteiger partial charge in [0.1, 0.15) is 0 Å². The van der Waals surface area contributed by atoms with E-state index in [1.54, 1.807) is 0 Å². The van der Waals surface area contributed by atoms with Gasteiger partial charge < -0.3 is 15.7 Å². The van der Waals surface area contributed by atoms with E-state index in [0.29, 0.717) is 19.0 Å². The van der Waals surface area contributed by atoms with Crippen molar-refractivity contribution in [2.45, 2.75) is 38.7 Å². The third kappa shape index (κ3) is 5.14. The first-order valence-corrected chi connectivity index (χ1v) is 5.87. The zero-order valence-electron chi connectivity index (χ0n) is 9.46. The van der Waals surface area contributed by atoms with Crippen molar-refractivity contribution in [2.75, 3.05) is 19.6 Å². The molecule has 88 valence electrons. The summed E-state index contributed by atoms with van der Waals surface area (Å²) in [6, 6.07) is 0. The minimum atomic E-state index is -0.0929. The predicted molar refractivity (Wildman–Crippen MR) is 59.5 cm³/mol. The summed E-state index contributed by atoms with van der Waals surface area (Å²) < 4.78 is 0. The van der Waals surface area contributed by atoms with Gasteiger partial charge in [0.2, 0.25) is 5.91 Å². The molecule has 15 heavy (non-hydrogen) atoms. The van der Waals surface area contributed by atoms with E-state index >= 15 is 0 Å². The van der Waals surface area contributed by atoms with Crippen molar-refractivity contribution in [1.82, 2.24) is 10.6 Å². The molecule has 1 aliphatic carbocycles. The molecule has 0 aromatic heterocycles.